The molecule has 2 heterocycles. The number of nitrogens with zero attached hydrogens (tertiary/aromatic N) is 2. The molecule has 7 heteroatoms. The van der Waals surface area contributed by atoms with Gasteiger partial charge in [-0.05, 0) is 25.1 Å². The van der Waals surface area contributed by atoms with Crippen molar-refractivity contribution in [2.75, 3.05) is 5.32 Å². The van der Waals surface area contributed by atoms with E-state index < -0.39 is 5.76 Å². The number of aryl methyl sites for hydroxylation is 2. The van der Waals surface area contributed by atoms with Crippen molar-refractivity contribution < 1.29 is 9.21 Å². The van der Waals surface area contributed by atoms with Crippen molar-refractivity contribution in [1.82, 2.24) is 9.55 Å². The molecule has 0 aliphatic carbocycles. The van der Waals surface area contributed by atoms with Gasteiger partial charge in [0, 0.05) is 18.3 Å². The smallest absolute Gasteiger partial charge is 0.408 e. The average Bonchev–Trinajstić information content (AvgIpc) is 3.17. The number of aromatic nitrogens is 2. The molecule has 0 bridgehead atoms. The minimum Gasteiger partial charge on any atom is -0.408 e. The standard InChI is InChI=1S/C19H15N3O3S/c1-11-16(26-18(20-11)12-6-4-3-5-7-12)17(23)21-13-8-9-15-14(10-13)22(2)19(24)25-15/h3-10H,1-2H3,(H,21,23). The lowest BCUT2D eigenvalue weighted by Crippen LogP contribution is -2.12. The molecular formula is C19H15N3O3S. The molecule has 1 amide bonds. The van der Waals surface area contributed by atoms with Crippen LogP contribution in [0.25, 0.3) is 21.7 Å². The zero-order valence-corrected chi connectivity index (χ0v) is 15.0. The summed E-state index contributed by atoms with van der Waals surface area (Å²) in [6, 6.07) is 14.8. The van der Waals surface area contributed by atoms with Gasteiger partial charge in [-0.25, -0.2) is 9.78 Å². The number of anilines is 1. The largest absolute Gasteiger partial charge is 0.419 e. The second-order valence-corrected chi connectivity index (χ2v) is 6.86. The molecule has 1 N–H and O–H groups in total. The van der Waals surface area contributed by atoms with E-state index in [1.807, 2.05) is 37.3 Å². The number of oxazole rings is 1. The van der Waals surface area contributed by atoms with Crippen LogP contribution in [0, 0.1) is 6.92 Å². The summed E-state index contributed by atoms with van der Waals surface area (Å²) in [6.45, 7) is 1.82. The van der Waals surface area contributed by atoms with E-state index in [4.69, 9.17) is 4.42 Å². The molecule has 2 aromatic heterocycles. The molecule has 0 aliphatic heterocycles. The molecule has 0 saturated heterocycles. The summed E-state index contributed by atoms with van der Waals surface area (Å²) in [4.78, 5) is 29.3. The molecule has 26 heavy (non-hydrogen) atoms. The Labute approximate surface area is 152 Å². The van der Waals surface area contributed by atoms with Crippen LogP contribution < -0.4 is 11.1 Å². The lowest BCUT2D eigenvalue weighted by molar-refractivity contribution is 0.103. The Kier molecular flexibility index (Phi) is 3.93. The summed E-state index contributed by atoms with van der Waals surface area (Å²) in [5, 5.41) is 3.67. The lowest BCUT2D eigenvalue weighted by atomic mass is 10.2. The summed E-state index contributed by atoms with van der Waals surface area (Å²) in [5.41, 5.74) is 3.36. The summed E-state index contributed by atoms with van der Waals surface area (Å²) >= 11 is 1.35. The fourth-order valence-corrected chi connectivity index (χ4v) is 3.67. The van der Waals surface area contributed by atoms with E-state index in [2.05, 4.69) is 10.3 Å². The minimum absolute atomic E-state index is 0.227. The fourth-order valence-electron chi connectivity index (χ4n) is 2.70. The topological polar surface area (TPSA) is 77.1 Å². The quantitative estimate of drug-likeness (QED) is 0.599. The molecule has 0 radical (unpaired) electrons. The maximum atomic E-state index is 12.7. The Hall–Kier alpha value is -3.19. The highest BCUT2D eigenvalue weighted by molar-refractivity contribution is 7.17. The third kappa shape index (κ3) is 2.82. The Morgan fingerprint density at radius 2 is 1.96 bits per heavy atom. The highest BCUT2D eigenvalue weighted by Gasteiger charge is 2.17. The first-order valence-corrected chi connectivity index (χ1v) is 8.78. The number of carbonyl (C=O) groups is 1. The zero-order valence-electron chi connectivity index (χ0n) is 14.1. The first-order chi connectivity index (χ1) is 12.5. The molecule has 0 saturated carbocycles. The maximum Gasteiger partial charge on any atom is 0.419 e. The first-order valence-electron chi connectivity index (χ1n) is 7.97. The van der Waals surface area contributed by atoms with Gasteiger partial charge in [0.25, 0.3) is 5.91 Å². The van der Waals surface area contributed by atoms with Crippen LogP contribution in [0.1, 0.15) is 15.4 Å². The van der Waals surface area contributed by atoms with Crippen molar-refractivity contribution >= 4 is 34.0 Å². The van der Waals surface area contributed by atoms with Crippen LogP contribution in [0.15, 0.2) is 57.7 Å². The molecule has 0 fully saturated rings. The van der Waals surface area contributed by atoms with Gasteiger partial charge in [0.05, 0.1) is 11.2 Å². The van der Waals surface area contributed by atoms with Crippen LogP contribution in [-0.2, 0) is 7.05 Å². The van der Waals surface area contributed by atoms with Gasteiger partial charge in [0.1, 0.15) is 9.88 Å². The van der Waals surface area contributed by atoms with E-state index >= 15 is 0 Å². The number of amides is 1. The van der Waals surface area contributed by atoms with Crippen molar-refractivity contribution in [3.63, 3.8) is 0 Å². The first kappa shape index (κ1) is 16.3. The van der Waals surface area contributed by atoms with E-state index in [9.17, 15) is 9.59 Å². The number of nitrogens with one attached hydrogen (secondary N) is 1. The molecule has 0 unspecified atom stereocenters. The maximum absolute atomic E-state index is 12.7. The predicted molar refractivity (Wildman–Crippen MR) is 102 cm³/mol. The SMILES string of the molecule is Cc1nc(-c2ccccc2)sc1C(=O)Nc1ccc2oc(=O)n(C)c2c1. The Morgan fingerprint density at radius 1 is 1.19 bits per heavy atom. The summed E-state index contributed by atoms with van der Waals surface area (Å²) in [7, 11) is 1.62. The number of hydrogen-bond donors (Lipinski definition) is 1. The van der Waals surface area contributed by atoms with Gasteiger partial charge >= 0.3 is 5.76 Å². The van der Waals surface area contributed by atoms with Gasteiger partial charge in [0.15, 0.2) is 5.58 Å². The Morgan fingerprint density at radius 3 is 2.73 bits per heavy atom. The normalized spacial score (nSPS) is 11.0. The van der Waals surface area contributed by atoms with Gasteiger partial charge in [-0.3, -0.25) is 9.36 Å². The number of carbonyl (C=O) groups excluding carboxylic acids is 1. The van der Waals surface area contributed by atoms with E-state index in [-0.39, 0.29) is 5.91 Å². The van der Waals surface area contributed by atoms with Crippen molar-refractivity contribution in [2.45, 2.75) is 6.92 Å². The lowest BCUT2D eigenvalue weighted by Gasteiger charge is -2.04. The van der Waals surface area contributed by atoms with Crippen molar-refractivity contribution in [3.8, 4) is 10.6 Å². The highest BCUT2D eigenvalue weighted by Crippen LogP contribution is 2.28. The van der Waals surface area contributed by atoms with Crippen LogP contribution in [0.2, 0.25) is 0 Å². The van der Waals surface area contributed by atoms with E-state index in [1.165, 1.54) is 15.9 Å². The van der Waals surface area contributed by atoms with E-state index in [1.54, 1.807) is 25.2 Å². The van der Waals surface area contributed by atoms with Gasteiger partial charge < -0.3 is 9.73 Å². The van der Waals surface area contributed by atoms with Crippen molar-refractivity contribution in [1.29, 1.82) is 0 Å². The van der Waals surface area contributed by atoms with Crippen molar-refractivity contribution in [3.05, 3.63) is 69.7 Å². The number of fused-ring (bicyclic) bond motifs is 1. The molecular weight excluding hydrogens is 350 g/mol. The number of hydrogen-bond acceptors (Lipinski definition) is 5. The molecule has 4 aromatic rings. The summed E-state index contributed by atoms with van der Waals surface area (Å²) in [5.74, 6) is -0.663. The Bertz CT molecular complexity index is 1170. The zero-order chi connectivity index (χ0) is 18.3. The third-order valence-corrected chi connectivity index (χ3v) is 5.28. The third-order valence-electron chi connectivity index (χ3n) is 4.07. The molecule has 6 nitrogen and oxygen atoms in total. The van der Waals surface area contributed by atoms with Gasteiger partial charge in [0.2, 0.25) is 0 Å². The fraction of sp³-hybridized carbons (Fsp3) is 0.105. The van der Waals surface area contributed by atoms with Gasteiger partial charge in [-0.2, -0.15) is 0 Å². The monoisotopic (exact) mass is 365 g/mol. The molecule has 0 atom stereocenters. The van der Waals surface area contributed by atoms with Crippen LogP contribution in [-0.4, -0.2) is 15.5 Å². The van der Waals surface area contributed by atoms with Crippen molar-refractivity contribution in [2.24, 2.45) is 7.05 Å². The number of thiazole rings is 1. The second-order valence-electron chi connectivity index (χ2n) is 5.86. The van der Waals surface area contributed by atoms with Gasteiger partial charge in [-0.15, -0.1) is 11.3 Å². The van der Waals surface area contributed by atoms with Gasteiger partial charge in [-0.1, -0.05) is 30.3 Å². The van der Waals surface area contributed by atoms with Crippen LogP contribution in [0.4, 0.5) is 5.69 Å². The van der Waals surface area contributed by atoms with Crippen LogP contribution >= 0.6 is 11.3 Å². The molecule has 130 valence electrons. The van der Waals surface area contributed by atoms with Crippen LogP contribution in [0.3, 0.4) is 0 Å². The summed E-state index contributed by atoms with van der Waals surface area (Å²) in [6.07, 6.45) is 0. The average molecular weight is 365 g/mol. The molecule has 0 aliphatic rings. The van der Waals surface area contributed by atoms with E-state index in [0.717, 1.165) is 10.6 Å². The molecule has 4 rings (SSSR count). The van der Waals surface area contributed by atoms with Crippen LogP contribution in [0.5, 0.6) is 0 Å². The molecule has 2 aromatic carbocycles. The Balaban J connectivity index is 1.63. The number of benzene rings is 2. The predicted octanol–water partition coefficient (Wildman–Crippen LogP) is 3.82. The summed E-state index contributed by atoms with van der Waals surface area (Å²) < 4.78 is 6.50. The number of rotatable bonds is 3. The molecule has 0 spiro atoms. The van der Waals surface area contributed by atoms with E-state index in [0.29, 0.717) is 27.4 Å². The minimum atomic E-state index is -0.436. The highest BCUT2D eigenvalue weighted by atomic mass is 32.1. The second kappa shape index (κ2) is 6.27.